The molecule has 0 bridgehead atoms. The van der Waals surface area contributed by atoms with Crippen molar-refractivity contribution in [3.8, 4) is 0 Å². The van der Waals surface area contributed by atoms with E-state index in [9.17, 15) is 25.2 Å². The van der Waals surface area contributed by atoms with E-state index in [1.54, 1.807) is 30.3 Å². The normalized spacial score (nSPS) is 27.7. The van der Waals surface area contributed by atoms with Gasteiger partial charge in [0.2, 0.25) is 0 Å². The van der Waals surface area contributed by atoms with Gasteiger partial charge in [0.25, 0.3) is 0 Å². The van der Waals surface area contributed by atoms with E-state index >= 15 is 0 Å². The average Bonchev–Trinajstić information content (AvgIpc) is 2.76. The molecule has 1 aliphatic rings. The highest BCUT2D eigenvalue weighted by Crippen LogP contribution is 2.25. The van der Waals surface area contributed by atoms with E-state index in [-0.39, 0.29) is 6.42 Å². The summed E-state index contributed by atoms with van der Waals surface area (Å²) in [5.74, 6) is -0.641. The average molecular weight is 268 g/mol. The number of aliphatic hydroxyl groups is 4. The molecule has 1 aromatic rings. The van der Waals surface area contributed by atoms with E-state index < -0.39 is 36.5 Å². The van der Waals surface area contributed by atoms with Crippen LogP contribution >= 0.6 is 0 Å². The molecule has 0 unspecified atom stereocenters. The fourth-order valence-corrected chi connectivity index (χ4v) is 2.09. The lowest BCUT2D eigenvalue weighted by Gasteiger charge is -2.27. The first kappa shape index (κ1) is 14.0. The van der Waals surface area contributed by atoms with Crippen molar-refractivity contribution in [3.05, 3.63) is 35.9 Å². The first-order valence-electron chi connectivity index (χ1n) is 5.97. The fraction of sp³-hybridized carbons (Fsp3) is 0.462. The molecule has 0 aliphatic carbocycles. The van der Waals surface area contributed by atoms with Crippen LogP contribution < -0.4 is 0 Å². The third-order valence-corrected chi connectivity index (χ3v) is 3.17. The van der Waals surface area contributed by atoms with Crippen LogP contribution in [0.15, 0.2) is 30.3 Å². The molecule has 1 saturated heterocycles. The molecule has 1 fully saturated rings. The molecule has 104 valence electrons. The third-order valence-electron chi connectivity index (χ3n) is 3.17. The standard InChI is InChI=1S/C13H16O6/c14-8-6-9(15)19-13(8)12(18)11(17)10(16)7-4-2-1-3-5-7/h1-5,8,10-14,16-18H,6H2/t8-,10-,11-,12+,13+/m1/s1. The Morgan fingerprint density at radius 3 is 2.32 bits per heavy atom. The molecule has 0 aromatic heterocycles. The van der Waals surface area contributed by atoms with Gasteiger partial charge in [-0.15, -0.1) is 0 Å². The maximum absolute atomic E-state index is 11.0. The Balaban J connectivity index is 2.07. The zero-order valence-electron chi connectivity index (χ0n) is 10.1. The van der Waals surface area contributed by atoms with Crippen LogP contribution in [0.3, 0.4) is 0 Å². The minimum Gasteiger partial charge on any atom is -0.457 e. The molecule has 6 heteroatoms. The van der Waals surface area contributed by atoms with Gasteiger partial charge in [-0.3, -0.25) is 4.79 Å². The number of benzene rings is 1. The number of ether oxygens (including phenoxy) is 1. The monoisotopic (exact) mass is 268 g/mol. The van der Waals surface area contributed by atoms with Gasteiger partial charge in [0.1, 0.15) is 24.4 Å². The molecule has 0 amide bonds. The highest BCUT2D eigenvalue weighted by molar-refractivity contribution is 5.72. The second-order valence-electron chi connectivity index (χ2n) is 4.56. The summed E-state index contributed by atoms with van der Waals surface area (Å²) in [6.45, 7) is 0. The van der Waals surface area contributed by atoms with E-state index in [0.29, 0.717) is 5.56 Å². The molecule has 0 spiro atoms. The minimum absolute atomic E-state index is 0.226. The van der Waals surface area contributed by atoms with Crippen LogP contribution in [0.2, 0.25) is 0 Å². The van der Waals surface area contributed by atoms with Crippen LogP contribution in [-0.2, 0) is 9.53 Å². The molecule has 0 saturated carbocycles. The van der Waals surface area contributed by atoms with Gasteiger partial charge in [0.15, 0.2) is 6.10 Å². The van der Waals surface area contributed by atoms with Crippen LogP contribution in [-0.4, -0.2) is 50.8 Å². The Bertz CT molecular complexity index is 434. The van der Waals surface area contributed by atoms with Gasteiger partial charge < -0.3 is 25.2 Å². The van der Waals surface area contributed by atoms with Crippen LogP contribution in [0, 0.1) is 0 Å². The number of hydrogen-bond acceptors (Lipinski definition) is 6. The molecule has 1 aliphatic heterocycles. The van der Waals surface area contributed by atoms with Gasteiger partial charge in [-0.25, -0.2) is 0 Å². The number of hydrogen-bond donors (Lipinski definition) is 4. The Kier molecular flexibility index (Phi) is 4.16. The molecular formula is C13H16O6. The van der Waals surface area contributed by atoms with Gasteiger partial charge >= 0.3 is 5.97 Å². The van der Waals surface area contributed by atoms with Crippen LogP contribution in [0.25, 0.3) is 0 Å². The third kappa shape index (κ3) is 2.93. The molecule has 4 N–H and O–H groups in total. The van der Waals surface area contributed by atoms with Gasteiger partial charge in [-0.1, -0.05) is 30.3 Å². The van der Waals surface area contributed by atoms with Crippen molar-refractivity contribution in [2.75, 3.05) is 0 Å². The van der Waals surface area contributed by atoms with Gasteiger partial charge in [0.05, 0.1) is 6.42 Å². The molecule has 5 atom stereocenters. The lowest BCUT2D eigenvalue weighted by Crippen LogP contribution is -2.45. The Labute approximate surface area is 109 Å². The summed E-state index contributed by atoms with van der Waals surface area (Å²) in [6, 6.07) is 8.31. The highest BCUT2D eigenvalue weighted by atomic mass is 16.6. The Morgan fingerprint density at radius 1 is 1.16 bits per heavy atom. The van der Waals surface area contributed by atoms with Crippen molar-refractivity contribution < 1.29 is 30.0 Å². The lowest BCUT2D eigenvalue weighted by atomic mass is 9.95. The van der Waals surface area contributed by atoms with Crippen molar-refractivity contribution in [2.24, 2.45) is 0 Å². The number of aliphatic hydroxyl groups excluding tert-OH is 4. The molecule has 1 aromatic carbocycles. The second-order valence-corrected chi connectivity index (χ2v) is 4.56. The van der Waals surface area contributed by atoms with Gasteiger partial charge in [-0.2, -0.15) is 0 Å². The summed E-state index contributed by atoms with van der Waals surface area (Å²) in [4.78, 5) is 11.0. The number of cyclic esters (lactones) is 1. The largest absolute Gasteiger partial charge is 0.457 e. The topological polar surface area (TPSA) is 107 Å². The molecule has 19 heavy (non-hydrogen) atoms. The van der Waals surface area contributed by atoms with E-state index in [4.69, 9.17) is 4.74 Å². The molecule has 6 nitrogen and oxygen atoms in total. The summed E-state index contributed by atoms with van der Waals surface area (Å²) in [7, 11) is 0. The summed E-state index contributed by atoms with van der Waals surface area (Å²) in [5, 5.41) is 39.3. The first-order chi connectivity index (χ1) is 9.00. The smallest absolute Gasteiger partial charge is 0.309 e. The van der Waals surface area contributed by atoms with Crippen molar-refractivity contribution >= 4 is 5.97 Å². The fourth-order valence-electron chi connectivity index (χ4n) is 2.09. The number of carbonyl (C=O) groups is 1. The maximum Gasteiger partial charge on any atom is 0.309 e. The van der Waals surface area contributed by atoms with E-state index in [0.717, 1.165) is 0 Å². The van der Waals surface area contributed by atoms with Crippen LogP contribution in [0.5, 0.6) is 0 Å². The summed E-state index contributed by atoms with van der Waals surface area (Å²) in [6.07, 6.45) is -7.08. The number of carbonyl (C=O) groups excluding carboxylic acids is 1. The summed E-state index contributed by atoms with van der Waals surface area (Å²) < 4.78 is 4.73. The quantitative estimate of drug-likeness (QED) is 0.528. The van der Waals surface area contributed by atoms with E-state index in [1.165, 1.54) is 0 Å². The predicted octanol–water partition coefficient (Wildman–Crippen LogP) is -0.882. The second kappa shape index (κ2) is 5.66. The molecule has 2 rings (SSSR count). The Hall–Kier alpha value is -1.47. The zero-order chi connectivity index (χ0) is 14.0. The maximum atomic E-state index is 11.0. The zero-order valence-corrected chi connectivity index (χ0v) is 10.1. The molecule has 1 heterocycles. The summed E-state index contributed by atoms with van der Waals surface area (Å²) >= 11 is 0. The van der Waals surface area contributed by atoms with Crippen molar-refractivity contribution in [2.45, 2.75) is 36.9 Å². The van der Waals surface area contributed by atoms with E-state index in [1.807, 2.05) is 0 Å². The number of esters is 1. The first-order valence-corrected chi connectivity index (χ1v) is 5.97. The van der Waals surface area contributed by atoms with Crippen LogP contribution in [0.4, 0.5) is 0 Å². The number of rotatable bonds is 4. The SMILES string of the molecule is O=C1C[C@@H](O)[C@@H]([C@@H](O)[C@H](O)[C@H](O)c2ccccc2)O1. The van der Waals surface area contributed by atoms with Gasteiger partial charge in [0, 0.05) is 0 Å². The van der Waals surface area contributed by atoms with Crippen molar-refractivity contribution in [1.29, 1.82) is 0 Å². The minimum atomic E-state index is -1.56. The Morgan fingerprint density at radius 2 is 1.79 bits per heavy atom. The van der Waals surface area contributed by atoms with Crippen LogP contribution in [0.1, 0.15) is 18.1 Å². The summed E-state index contributed by atoms with van der Waals surface area (Å²) in [5.41, 5.74) is 0.424. The van der Waals surface area contributed by atoms with E-state index in [2.05, 4.69) is 0 Å². The highest BCUT2D eigenvalue weighted by Gasteiger charge is 2.43. The molecular weight excluding hydrogens is 252 g/mol. The van der Waals surface area contributed by atoms with Crippen molar-refractivity contribution in [1.82, 2.24) is 0 Å². The molecule has 0 radical (unpaired) electrons. The van der Waals surface area contributed by atoms with Crippen molar-refractivity contribution in [3.63, 3.8) is 0 Å². The lowest BCUT2D eigenvalue weighted by molar-refractivity contribution is -0.157. The predicted molar refractivity (Wildman–Crippen MR) is 63.9 cm³/mol. The van der Waals surface area contributed by atoms with Gasteiger partial charge in [-0.05, 0) is 5.56 Å².